The van der Waals surface area contributed by atoms with E-state index in [1.165, 1.54) is 0 Å². The summed E-state index contributed by atoms with van der Waals surface area (Å²) in [5, 5.41) is 21.8. The highest BCUT2D eigenvalue weighted by atomic mass is 16.6. The Labute approximate surface area is 88.6 Å². The van der Waals surface area contributed by atoms with Crippen molar-refractivity contribution in [2.24, 2.45) is 0 Å². The van der Waals surface area contributed by atoms with E-state index in [2.05, 4.69) is 0 Å². The number of hydrogen-bond acceptors (Lipinski definition) is 4. The SMILES string of the molecule is CC1=C(C)N(O)C(c2ccccc2)N1O. The summed E-state index contributed by atoms with van der Waals surface area (Å²) >= 11 is 0. The van der Waals surface area contributed by atoms with Crippen molar-refractivity contribution in [2.45, 2.75) is 20.0 Å². The average molecular weight is 206 g/mol. The molecule has 4 heteroatoms. The quantitative estimate of drug-likeness (QED) is 0.740. The van der Waals surface area contributed by atoms with Crippen LogP contribution in [0.15, 0.2) is 41.7 Å². The molecule has 0 atom stereocenters. The van der Waals surface area contributed by atoms with Crippen LogP contribution < -0.4 is 0 Å². The van der Waals surface area contributed by atoms with Crippen molar-refractivity contribution >= 4 is 0 Å². The van der Waals surface area contributed by atoms with Gasteiger partial charge in [-0.3, -0.25) is 10.4 Å². The fourth-order valence-corrected chi connectivity index (χ4v) is 1.71. The Kier molecular flexibility index (Phi) is 2.38. The van der Waals surface area contributed by atoms with E-state index in [9.17, 15) is 10.4 Å². The second-order valence-electron chi connectivity index (χ2n) is 3.64. The van der Waals surface area contributed by atoms with E-state index < -0.39 is 6.17 Å². The van der Waals surface area contributed by atoms with Crippen LogP contribution in [0.1, 0.15) is 25.6 Å². The van der Waals surface area contributed by atoms with Crippen LogP contribution in [-0.4, -0.2) is 20.5 Å². The number of rotatable bonds is 1. The molecule has 1 aromatic carbocycles. The van der Waals surface area contributed by atoms with Crippen molar-refractivity contribution in [2.75, 3.05) is 0 Å². The molecule has 0 bridgehead atoms. The molecule has 0 aromatic heterocycles. The molecular weight excluding hydrogens is 192 g/mol. The summed E-state index contributed by atoms with van der Waals surface area (Å²) in [5.74, 6) is 0. The van der Waals surface area contributed by atoms with Crippen LogP contribution in [0.4, 0.5) is 0 Å². The molecule has 80 valence electrons. The maximum atomic E-state index is 9.83. The Balaban J connectivity index is 2.35. The van der Waals surface area contributed by atoms with Gasteiger partial charge in [-0.25, -0.2) is 10.1 Å². The lowest BCUT2D eigenvalue weighted by Gasteiger charge is -2.26. The van der Waals surface area contributed by atoms with Crippen molar-refractivity contribution < 1.29 is 10.4 Å². The molecule has 0 radical (unpaired) electrons. The Hall–Kier alpha value is -1.52. The molecule has 1 heterocycles. The molecule has 4 nitrogen and oxygen atoms in total. The number of hydrogen-bond donors (Lipinski definition) is 2. The Morgan fingerprint density at radius 3 is 1.87 bits per heavy atom. The molecule has 1 aliphatic heterocycles. The van der Waals surface area contributed by atoms with E-state index in [4.69, 9.17) is 0 Å². The van der Waals surface area contributed by atoms with Crippen LogP contribution in [0.3, 0.4) is 0 Å². The minimum absolute atomic E-state index is 0.536. The zero-order chi connectivity index (χ0) is 11.0. The molecule has 2 N–H and O–H groups in total. The molecular formula is C11H14N2O2. The van der Waals surface area contributed by atoms with Crippen molar-refractivity contribution in [3.63, 3.8) is 0 Å². The zero-order valence-electron chi connectivity index (χ0n) is 8.75. The molecule has 0 aliphatic carbocycles. The van der Waals surface area contributed by atoms with E-state index in [-0.39, 0.29) is 0 Å². The molecule has 0 amide bonds. The first-order valence-electron chi connectivity index (χ1n) is 4.81. The second-order valence-corrected chi connectivity index (χ2v) is 3.64. The van der Waals surface area contributed by atoms with Crippen molar-refractivity contribution in [1.82, 2.24) is 10.1 Å². The Morgan fingerprint density at radius 2 is 1.40 bits per heavy atom. The number of hydroxylamine groups is 4. The van der Waals surface area contributed by atoms with Gasteiger partial charge in [-0.15, -0.1) is 0 Å². The average Bonchev–Trinajstić information content (AvgIpc) is 2.45. The van der Waals surface area contributed by atoms with Crippen LogP contribution in [0.25, 0.3) is 0 Å². The number of allylic oxidation sites excluding steroid dienone is 2. The lowest BCUT2D eigenvalue weighted by Crippen LogP contribution is -2.28. The molecule has 1 aliphatic rings. The van der Waals surface area contributed by atoms with E-state index in [1.54, 1.807) is 13.8 Å². The summed E-state index contributed by atoms with van der Waals surface area (Å²) in [6.45, 7) is 3.53. The number of benzene rings is 1. The largest absolute Gasteiger partial charge is 0.286 e. The van der Waals surface area contributed by atoms with Crippen LogP contribution in [0.5, 0.6) is 0 Å². The van der Waals surface area contributed by atoms with Gasteiger partial charge >= 0.3 is 0 Å². The first-order valence-corrected chi connectivity index (χ1v) is 4.81. The van der Waals surface area contributed by atoms with Crippen molar-refractivity contribution in [1.29, 1.82) is 0 Å². The topological polar surface area (TPSA) is 46.9 Å². The maximum absolute atomic E-state index is 9.83. The third-order valence-electron chi connectivity index (χ3n) is 2.77. The van der Waals surface area contributed by atoms with Gasteiger partial charge in [-0.1, -0.05) is 30.3 Å². The number of nitrogens with zero attached hydrogens (tertiary/aromatic N) is 2. The highest BCUT2D eigenvalue weighted by molar-refractivity contribution is 5.24. The summed E-state index contributed by atoms with van der Waals surface area (Å²) in [6, 6.07) is 9.38. The third kappa shape index (κ3) is 1.48. The van der Waals surface area contributed by atoms with Gasteiger partial charge in [0.15, 0.2) is 6.17 Å². The summed E-state index contributed by atoms with van der Waals surface area (Å²) in [6.07, 6.45) is -0.536. The first-order chi connectivity index (χ1) is 7.13. The normalized spacial score (nSPS) is 17.9. The summed E-state index contributed by atoms with van der Waals surface area (Å²) in [7, 11) is 0. The monoisotopic (exact) mass is 206 g/mol. The van der Waals surface area contributed by atoms with Crippen LogP contribution in [0, 0.1) is 0 Å². The predicted molar refractivity (Wildman–Crippen MR) is 54.8 cm³/mol. The lowest BCUT2D eigenvalue weighted by atomic mass is 10.2. The van der Waals surface area contributed by atoms with E-state index in [1.807, 2.05) is 30.3 Å². The van der Waals surface area contributed by atoms with E-state index in [0.29, 0.717) is 11.4 Å². The van der Waals surface area contributed by atoms with Crippen LogP contribution in [0.2, 0.25) is 0 Å². The van der Waals surface area contributed by atoms with Crippen molar-refractivity contribution in [3.8, 4) is 0 Å². The van der Waals surface area contributed by atoms with Gasteiger partial charge < -0.3 is 0 Å². The summed E-state index contributed by atoms with van der Waals surface area (Å²) in [4.78, 5) is 0. The van der Waals surface area contributed by atoms with Gasteiger partial charge in [0.1, 0.15) is 0 Å². The molecule has 0 saturated carbocycles. The minimum atomic E-state index is -0.536. The molecule has 1 aromatic rings. The van der Waals surface area contributed by atoms with Gasteiger partial charge in [-0.2, -0.15) is 0 Å². The van der Waals surface area contributed by atoms with Gasteiger partial charge in [0.05, 0.1) is 11.4 Å². The van der Waals surface area contributed by atoms with E-state index in [0.717, 1.165) is 15.7 Å². The molecule has 0 spiro atoms. The Morgan fingerprint density at radius 1 is 0.933 bits per heavy atom. The zero-order valence-corrected chi connectivity index (χ0v) is 8.75. The van der Waals surface area contributed by atoms with Crippen LogP contribution >= 0.6 is 0 Å². The highest BCUT2D eigenvalue weighted by Gasteiger charge is 2.33. The molecule has 0 fully saturated rings. The lowest BCUT2D eigenvalue weighted by molar-refractivity contribution is -0.195. The summed E-state index contributed by atoms with van der Waals surface area (Å²) in [5.41, 5.74) is 2.16. The fraction of sp³-hybridized carbons (Fsp3) is 0.273. The van der Waals surface area contributed by atoms with Gasteiger partial charge in [0, 0.05) is 0 Å². The first kappa shape index (κ1) is 10.0. The third-order valence-corrected chi connectivity index (χ3v) is 2.77. The standard InChI is InChI=1S/C11H14N2O2/c1-8-9(2)13(15)11(12(8)14)10-6-4-3-5-7-10/h3-7,11,14-15H,1-2H3. The Bertz CT molecular complexity index is 371. The van der Waals surface area contributed by atoms with E-state index >= 15 is 0 Å². The second kappa shape index (κ2) is 3.56. The summed E-state index contributed by atoms with van der Waals surface area (Å²) < 4.78 is 0. The highest BCUT2D eigenvalue weighted by Crippen LogP contribution is 2.35. The molecule has 15 heavy (non-hydrogen) atoms. The molecule has 2 rings (SSSR count). The van der Waals surface area contributed by atoms with Crippen LogP contribution in [-0.2, 0) is 0 Å². The maximum Gasteiger partial charge on any atom is 0.176 e. The smallest absolute Gasteiger partial charge is 0.176 e. The minimum Gasteiger partial charge on any atom is -0.286 e. The fourth-order valence-electron chi connectivity index (χ4n) is 1.71. The van der Waals surface area contributed by atoms with Gasteiger partial charge in [0.25, 0.3) is 0 Å². The van der Waals surface area contributed by atoms with Crippen molar-refractivity contribution in [3.05, 3.63) is 47.3 Å². The molecule has 0 unspecified atom stereocenters. The van der Waals surface area contributed by atoms with Gasteiger partial charge in [0.2, 0.25) is 0 Å². The molecule has 0 saturated heterocycles. The predicted octanol–water partition coefficient (Wildman–Crippen LogP) is 2.33. The van der Waals surface area contributed by atoms with Gasteiger partial charge in [-0.05, 0) is 19.4 Å².